The number of ether oxygens (including phenoxy) is 1. The smallest absolute Gasteiger partial charge is 0.204 e. The van der Waals surface area contributed by atoms with Crippen LogP contribution in [0.2, 0.25) is 0 Å². The van der Waals surface area contributed by atoms with Crippen LogP contribution < -0.4 is 4.74 Å². The second-order valence-corrected chi connectivity index (χ2v) is 9.49. The van der Waals surface area contributed by atoms with Crippen LogP contribution in [-0.2, 0) is 6.54 Å². The molecule has 5 aromatic rings. The Hall–Kier alpha value is -4.04. The molecule has 0 unspecified atom stereocenters. The maximum absolute atomic E-state index is 5.74. The molecule has 3 heterocycles. The van der Waals surface area contributed by atoms with Crippen molar-refractivity contribution >= 4 is 11.0 Å². The van der Waals surface area contributed by atoms with Crippen LogP contribution in [0.15, 0.2) is 54.7 Å². The number of hydrogen-bond acceptors (Lipinski definition) is 6. The number of nitrogens with one attached hydrogen (secondary N) is 2. The van der Waals surface area contributed by atoms with Crippen LogP contribution in [0.25, 0.3) is 44.8 Å². The fourth-order valence-corrected chi connectivity index (χ4v) is 4.88. The average molecular weight is 496 g/mol. The van der Waals surface area contributed by atoms with Crippen molar-refractivity contribution in [3.05, 3.63) is 65.9 Å². The van der Waals surface area contributed by atoms with Gasteiger partial charge in [-0.25, -0.2) is 4.98 Å². The highest BCUT2D eigenvalue weighted by molar-refractivity contribution is 5.97. The molecule has 37 heavy (non-hydrogen) atoms. The van der Waals surface area contributed by atoms with E-state index in [1.54, 1.807) is 7.11 Å². The molecule has 3 aromatic heterocycles. The lowest BCUT2D eigenvalue weighted by Crippen LogP contribution is -2.22. The highest BCUT2D eigenvalue weighted by atomic mass is 16.5. The average Bonchev–Trinajstić information content (AvgIpc) is 3.61. The van der Waals surface area contributed by atoms with Crippen molar-refractivity contribution in [1.82, 2.24) is 35.5 Å². The molecule has 0 amide bonds. The lowest BCUT2D eigenvalue weighted by atomic mass is 9.92. The third-order valence-corrected chi connectivity index (χ3v) is 6.96. The van der Waals surface area contributed by atoms with E-state index in [9.17, 15) is 0 Å². The first kappa shape index (κ1) is 24.6. The van der Waals surface area contributed by atoms with Crippen LogP contribution in [0.5, 0.6) is 5.75 Å². The lowest BCUT2D eigenvalue weighted by Gasteiger charge is -2.19. The molecule has 0 atom stereocenters. The number of aromatic nitrogens is 6. The van der Waals surface area contributed by atoms with Gasteiger partial charge in [0.15, 0.2) is 0 Å². The molecule has 0 spiro atoms. The summed E-state index contributed by atoms with van der Waals surface area (Å²) in [5.74, 6) is 1.74. The minimum Gasteiger partial charge on any atom is -0.496 e. The van der Waals surface area contributed by atoms with E-state index < -0.39 is 0 Å². The Labute approximate surface area is 217 Å². The number of hydrogen-bond donors (Lipinski definition) is 2. The fourth-order valence-electron chi connectivity index (χ4n) is 4.88. The maximum atomic E-state index is 5.74. The zero-order valence-electron chi connectivity index (χ0n) is 22.0. The molecule has 5 rings (SSSR count). The second kappa shape index (κ2) is 10.5. The minimum absolute atomic E-state index is 0.297. The van der Waals surface area contributed by atoms with Crippen molar-refractivity contribution in [3.8, 4) is 39.5 Å². The number of nitrogens with zero attached hydrogens (tertiary/aromatic N) is 5. The Balaban J connectivity index is 1.59. The Morgan fingerprint density at radius 2 is 1.78 bits per heavy atom. The molecule has 0 aliphatic rings. The van der Waals surface area contributed by atoms with E-state index in [-0.39, 0.29) is 0 Å². The first-order valence-corrected chi connectivity index (χ1v) is 12.8. The molecule has 0 bridgehead atoms. The molecule has 0 saturated carbocycles. The van der Waals surface area contributed by atoms with Crippen LogP contribution in [0, 0.1) is 0 Å². The van der Waals surface area contributed by atoms with Crippen molar-refractivity contribution < 1.29 is 4.74 Å². The first-order valence-electron chi connectivity index (χ1n) is 12.8. The zero-order valence-corrected chi connectivity index (χ0v) is 22.0. The van der Waals surface area contributed by atoms with E-state index in [0.717, 1.165) is 64.4 Å². The molecule has 0 fully saturated rings. The molecule has 8 heteroatoms. The summed E-state index contributed by atoms with van der Waals surface area (Å²) in [5, 5.41) is 15.7. The van der Waals surface area contributed by atoms with Crippen LogP contribution in [0.1, 0.15) is 44.7 Å². The summed E-state index contributed by atoms with van der Waals surface area (Å²) in [4.78, 5) is 10.6. The van der Waals surface area contributed by atoms with Crippen molar-refractivity contribution in [2.45, 2.75) is 40.2 Å². The molecule has 0 aliphatic carbocycles. The third-order valence-electron chi connectivity index (χ3n) is 6.96. The number of tetrazole rings is 1. The molecule has 190 valence electrons. The monoisotopic (exact) mass is 495 g/mol. The van der Waals surface area contributed by atoms with E-state index >= 15 is 0 Å². The van der Waals surface area contributed by atoms with Gasteiger partial charge in [0, 0.05) is 29.3 Å². The van der Waals surface area contributed by atoms with Gasteiger partial charge in [-0.2, -0.15) is 5.21 Å². The molecular formula is C29H33N7O. The van der Waals surface area contributed by atoms with Gasteiger partial charge in [-0.3, -0.25) is 4.90 Å². The van der Waals surface area contributed by atoms with Gasteiger partial charge in [0.2, 0.25) is 5.82 Å². The van der Waals surface area contributed by atoms with Crippen LogP contribution in [-0.4, -0.2) is 55.7 Å². The van der Waals surface area contributed by atoms with Gasteiger partial charge in [0.25, 0.3) is 0 Å². The molecule has 0 saturated heterocycles. The summed E-state index contributed by atoms with van der Waals surface area (Å²) in [6.45, 7) is 11.7. The summed E-state index contributed by atoms with van der Waals surface area (Å²) >= 11 is 0. The van der Waals surface area contributed by atoms with E-state index in [1.807, 2.05) is 6.20 Å². The summed E-state index contributed by atoms with van der Waals surface area (Å²) in [7, 11) is 1.72. The molecule has 8 nitrogen and oxygen atoms in total. The Morgan fingerprint density at radius 1 is 0.946 bits per heavy atom. The quantitative estimate of drug-likeness (QED) is 0.258. The Morgan fingerprint density at radius 3 is 2.49 bits per heavy atom. The zero-order chi connectivity index (χ0) is 25.9. The largest absolute Gasteiger partial charge is 0.496 e. The van der Waals surface area contributed by atoms with Crippen molar-refractivity contribution in [3.63, 3.8) is 0 Å². The van der Waals surface area contributed by atoms with Gasteiger partial charge in [-0.05, 0) is 70.7 Å². The maximum Gasteiger partial charge on any atom is 0.204 e. The van der Waals surface area contributed by atoms with E-state index in [2.05, 4.69) is 112 Å². The van der Waals surface area contributed by atoms with Gasteiger partial charge >= 0.3 is 0 Å². The first-order chi connectivity index (χ1) is 18.0. The second-order valence-electron chi connectivity index (χ2n) is 9.49. The molecule has 0 radical (unpaired) electrons. The van der Waals surface area contributed by atoms with E-state index in [1.165, 1.54) is 11.1 Å². The summed E-state index contributed by atoms with van der Waals surface area (Å²) < 4.78 is 5.74. The molecular weight excluding hydrogens is 462 g/mol. The summed E-state index contributed by atoms with van der Waals surface area (Å²) in [6.07, 6.45) is 1.86. The van der Waals surface area contributed by atoms with Crippen LogP contribution in [0.4, 0.5) is 0 Å². The topological polar surface area (TPSA) is 95.6 Å². The molecule has 2 aromatic carbocycles. The van der Waals surface area contributed by atoms with Gasteiger partial charge in [0.05, 0.1) is 12.8 Å². The van der Waals surface area contributed by atoms with Gasteiger partial charge < -0.3 is 9.72 Å². The fraction of sp³-hybridized carbons (Fsp3) is 0.310. The van der Waals surface area contributed by atoms with Gasteiger partial charge in [0.1, 0.15) is 11.4 Å². The highest BCUT2D eigenvalue weighted by Crippen LogP contribution is 2.37. The summed E-state index contributed by atoms with van der Waals surface area (Å²) in [6, 6.07) is 17.1. The van der Waals surface area contributed by atoms with E-state index in [0.29, 0.717) is 11.7 Å². The van der Waals surface area contributed by atoms with Gasteiger partial charge in [-0.15, -0.1) is 10.2 Å². The van der Waals surface area contributed by atoms with Crippen molar-refractivity contribution in [2.75, 3.05) is 20.2 Å². The molecule has 0 aliphatic heterocycles. The SMILES string of the molecule is CCN(CC)Cc1ccc(OC)c(-c2cc3c(-c4ccc(-c5nn[nH]n5)c(C(C)C)c4)ccnc3[nH]2)c1. The number of pyridine rings is 1. The predicted molar refractivity (Wildman–Crippen MR) is 147 cm³/mol. The Kier molecular flexibility index (Phi) is 7.01. The van der Waals surface area contributed by atoms with Crippen LogP contribution >= 0.6 is 0 Å². The van der Waals surface area contributed by atoms with E-state index in [4.69, 9.17) is 4.74 Å². The standard InChI is InChI=1S/C29H33N7O/c1-6-36(7-2)17-19-8-11-27(37-5)25(14-19)26-16-24-21(12-13-30-28(24)31-26)20-9-10-22(23(15-20)18(3)4)29-32-34-35-33-29/h8-16,18H,6-7,17H2,1-5H3,(H,30,31)(H,32,33,34,35). The highest BCUT2D eigenvalue weighted by Gasteiger charge is 2.17. The number of rotatable bonds is 9. The van der Waals surface area contributed by atoms with Crippen molar-refractivity contribution in [2.24, 2.45) is 0 Å². The van der Waals surface area contributed by atoms with Crippen LogP contribution in [0.3, 0.4) is 0 Å². The van der Waals surface area contributed by atoms with Crippen molar-refractivity contribution in [1.29, 1.82) is 0 Å². The molecule has 2 N–H and O–H groups in total. The number of H-pyrrole nitrogens is 2. The number of fused-ring (bicyclic) bond motifs is 1. The Bertz CT molecular complexity index is 1500. The third kappa shape index (κ3) is 4.84. The number of aromatic amines is 2. The lowest BCUT2D eigenvalue weighted by molar-refractivity contribution is 0.296. The minimum atomic E-state index is 0.297. The normalized spacial score (nSPS) is 11.6. The number of methoxy groups -OCH3 is 1. The number of benzene rings is 2. The summed E-state index contributed by atoms with van der Waals surface area (Å²) in [5.41, 5.74) is 8.52. The predicted octanol–water partition coefficient (Wildman–Crippen LogP) is 6.05. The van der Waals surface area contributed by atoms with Gasteiger partial charge in [-0.1, -0.05) is 52.0 Å².